The first kappa shape index (κ1) is 12.3. The van der Waals surface area contributed by atoms with Gasteiger partial charge in [0.05, 0.1) is 8.26 Å². The fourth-order valence-corrected chi connectivity index (χ4v) is 3.24. The number of rotatable bonds is 3. The molecule has 0 saturated carbocycles. The molecular weight excluding hydrogens is 358 g/mol. The van der Waals surface area contributed by atoms with Gasteiger partial charge in [-0.2, -0.15) is 0 Å². The number of hydrogen-bond donors (Lipinski definition) is 0. The summed E-state index contributed by atoms with van der Waals surface area (Å²) in [6.45, 7) is 0. The molecule has 0 fully saturated rings. The highest BCUT2D eigenvalue weighted by molar-refractivity contribution is 14.1. The van der Waals surface area contributed by atoms with Gasteiger partial charge in [-0.05, 0) is 63.7 Å². The summed E-state index contributed by atoms with van der Waals surface area (Å²) in [6, 6.07) is 8.59. The Balaban J connectivity index is 2.07. The minimum atomic E-state index is -0.208. The van der Waals surface area contributed by atoms with E-state index in [1.165, 1.54) is 15.0 Å². The number of thiophene rings is 1. The van der Waals surface area contributed by atoms with Crippen LogP contribution in [-0.4, -0.2) is 0 Å². The molecule has 84 valence electrons. The largest absolute Gasteiger partial charge is 0.207 e. The predicted octanol–water partition coefficient (Wildman–Crippen LogP) is 5.01. The summed E-state index contributed by atoms with van der Waals surface area (Å²) >= 11 is 10.3. The molecule has 0 aliphatic carbocycles. The van der Waals surface area contributed by atoms with Crippen molar-refractivity contribution in [3.05, 3.63) is 55.5 Å². The Morgan fingerprint density at radius 3 is 2.56 bits per heavy atom. The van der Waals surface area contributed by atoms with Crippen molar-refractivity contribution in [2.75, 3.05) is 0 Å². The van der Waals surface area contributed by atoms with Gasteiger partial charge in [0.15, 0.2) is 0 Å². The van der Waals surface area contributed by atoms with Crippen LogP contribution in [0.3, 0.4) is 0 Å². The normalized spacial score (nSPS) is 12.7. The molecule has 0 bridgehead atoms. The van der Waals surface area contributed by atoms with Gasteiger partial charge in [-0.25, -0.2) is 4.39 Å². The third-order valence-electron chi connectivity index (χ3n) is 2.28. The number of benzene rings is 1. The summed E-state index contributed by atoms with van der Waals surface area (Å²) in [6.07, 6.45) is 0.731. The van der Waals surface area contributed by atoms with Crippen LogP contribution < -0.4 is 0 Å². The second-order valence-corrected chi connectivity index (χ2v) is 6.81. The van der Waals surface area contributed by atoms with E-state index in [1.807, 2.05) is 0 Å². The van der Waals surface area contributed by atoms with Crippen LogP contribution in [0, 0.1) is 8.70 Å². The summed E-state index contributed by atoms with van der Waals surface area (Å²) in [5, 5.41) is 2.04. The van der Waals surface area contributed by atoms with Gasteiger partial charge in [0, 0.05) is 0 Å². The van der Waals surface area contributed by atoms with Gasteiger partial charge in [-0.15, -0.1) is 22.9 Å². The Kier molecular flexibility index (Phi) is 4.21. The first-order chi connectivity index (χ1) is 7.65. The Labute approximate surface area is 117 Å². The third-order valence-corrected chi connectivity index (χ3v) is 4.49. The molecule has 0 aliphatic heterocycles. The fourth-order valence-electron chi connectivity index (χ4n) is 1.43. The Morgan fingerprint density at radius 1 is 1.31 bits per heavy atom. The van der Waals surface area contributed by atoms with Crippen LogP contribution in [0.2, 0.25) is 0 Å². The molecule has 1 aromatic heterocycles. The van der Waals surface area contributed by atoms with Crippen molar-refractivity contribution in [2.24, 2.45) is 0 Å². The average Bonchev–Trinajstić information content (AvgIpc) is 2.68. The molecule has 0 amide bonds. The number of alkyl halides is 1. The van der Waals surface area contributed by atoms with Gasteiger partial charge in [-0.1, -0.05) is 12.1 Å². The van der Waals surface area contributed by atoms with E-state index in [9.17, 15) is 4.39 Å². The molecular formula is C12H9ClFIS. The van der Waals surface area contributed by atoms with Gasteiger partial charge in [0.2, 0.25) is 0 Å². The van der Waals surface area contributed by atoms with Crippen LogP contribution in [0.1, 0.15) is 16.5 Å². The lowest BCUT2D eigenvalue weighted by Crippen LogP contribution is -1.94. The molecule has 16 heavy (non-hydrogen) atoms. The summed E-state index contributed by atoms with van der Waals surface area (Å²) < 4.78 is 14.0. The standard InChI is InChI=1S/C12H9ClFIS/c13-11(9-6-12(15)16-7-9)5-8-1-3-10(14)4-2-8/h1-4,6-7,11H,5H2. The van der Waals surface area contributed by atoms with Crippen molar-refractivity contribution >= 4 is 45.5 Å². The lowest BCUT2D eigenvalue weighted by atomic mass is 10.1. The monoisotopic (exact) mass is 366 g/mol. The van der Waals surface area contributed by atoms with Crippen molar-refractivity contribution in [3.8, 4) is 0 Å². The minimum absolute atomic E-state index is 0.0368. The smallest absolute Gasteiger partial charge is 0.123 e. The van der Waals surface area contributed by atoms with Gasteiger partial charge >= 0.3 is 0 Å². The Morgan fingerprint density at radius 2 is 2.00 bits per heavy atom. The molecule has 0 spiro atoms. The van der Waals surface area contributed by atoms with Gasteiger partial charge < -0.3 is 0 Å². The van der Waals surface area contributed by atoms with E-state index >= 15 is 0 Å². The molecule has 1 unspecified atom stereocenters. The van der Waals surface area contributed by atoms with Crippen molar-refractivity contribution in [2.45, 2.75) is 11.8 Å². The van der Waals surface area contributed by atoms with E-state index in [1.54, 1.807) is 23.5 Å². The molecule has 1 aromatic carbocycles. The van der Waals surface area contributed by atoms with Crippen LogP contribution in [0.25, 0.3) is 0 Å². The van der Waals surface area contributed by atoms with Crippen LogP contribution in [-0.2, 0) is 6.42 Å². The Hall–Kier alpha value is -0.130. The maximum absolute atomic E-state index is 12.7. The van der Waals surface area contributed by atoms with E-state index in [4.69, 9.17) is 11.6 Å². The Bertz CT molecular complexity index is 466. The van der Waals surface area contributed by atoms with Crippen LogP contribution >= 0.6 is 45.5 Å². The van der Waals surface area contributed by atoms with E-state index in [0.717, 1.165) is 17.5 Å². The molecule has 0 aliphatic rings. The zero-order valence-corrected chi connectivity index (χ0v) is 12.0. The summed E-state index contributed by atoms with van der Waals surface area (Å²) in [4.78, 5) is 0. The maximum Gasteiger partial charge on any atom is 0.123 e. The molecule has 0 N–H and O–H groups in total. The number of halogens is 3. The van der Waals surface area contributed by atoms with Crippen molar-refractivity contribution < 1.29 is 4.39 Å². The maximum atomic E-state index is 12.7. The topological polar surface area (TPSA) is 0 Å². The second kappa shape index (κ2) is 5.47. The van der Waals surface area contributed by atoms with E-state index < -0.39 is 0 Å². The summed E-state index contributed by atoms with van der Waals surface area (Å²) in [7, 11) is 0. The van der Waals surface area contributed by atoms with E-state index in [0.29, 0.717) is 0 Å². The lowest BCUT2D eigenvalue weighted by Gasteiger charge is -2.07. The molecule has 0 radical (unpaired) electrons. The minimum Gasteiger partial charge on any atom is -0.207 e. The summed E-state index contributed by atoms with van der Waals surface area (Å²) in [5.74, 6) is -0.208. The highest BCUT2D eigenvalue weighted by Gasteiger charge is 2.10. The molecule has 0 nitrogen and oxygen atoms in total. The van der Waals surface area contributed by atoms with Gasteiger partial charge in [-0.3, -0.25) is 0 Å². The second-order valence-electron chi connectivity index (χ2n) is 3.48. The average molecular weight is 367 g/mol. The zero-order chi connectivity index (χ0) is 11.5. The molecule has 1 heterocycles. The first-order valence-electron chi connectivity index (χ1n) is 4.77. The highest BCUT2D eigenvalue weighted by Crippen LogP contribution is 2.29. The molecule has 2 rings (SSSR count). The SMILES string of the molecule is Fc1ccc(CC(Cl)c2csc(I)c2)cc1. The van der Waals surface area contributed by atoms with Crippen molar-refractivity contribution in [3.63, 3.8) is 0 Å². The third kappa shape index (κ3) is 3.18. The van der Waals surface area contributed by atoms with Crippen LogP contribution in [0.5, 0.6) is 0 Å². The van der Waals surface area contributed by atoms with Gasteiger partial charge in [0.25, 0.3) is 0 Å². The quantitative estimate of drug-likeness (QED) is 0.529. The van der Waals surface area contributed by atoms with Crippen LogP contribution in [0.4, 0.5) is 4.39 Å². The first-order valence-corrected chi connectivity index (χ1v) is 7.17. The lowest BCUT2D eigenvalue weighted by molar-refractivity contribution is 0.627. The summed E-state index contributed by atoms with van der Waals surface area (Å²) in [5.41, 5.74) is 2.20. The highest BCUT2D eigenvalue weighted by atomic mass is 127. The predicted molar refractivity (Wildman–Crippen MR) is 75.7 cm³/mol. The molecule has 1 atom stereocenters. The van der Waals surface area contributed by atoms with Crippen molar-refractivity contribution in [1.82, 2.24) is 0 Å². The van der Waals surface area contributed by atoms with E-state index in [-0.39, 0.29) is 11.2 Å². The van der Waals surface area contributed by atoms with E-state index in [2.05, 4.69) is 34.0 Å². The zero-order valence-electron chi connectivity index (χ0n) is 8.29. The molecule has 2 aromatic rings. The van der Waals surface area contributed by atoms with Gasteiger partial charge in [0.1, 0.15) is 5.82 Å². The molecule has 4 heteroatoms. The van der Waals surface area contributed by atoms with Crippen LogP contribution in [0.15, 0.2) is 35.7 Å². The van der Waals surface area contributed by atoms with Crippen molar-refractivity contribution in [1.29, 1.82) is 0 Å². The molecule has 0 saturated heterocycles. The fraction of sp³-hybridized carbons (Fsp3) is 0.167. The number of hydrogen-bond acceptors (Lipinski definition) is 1.